The van der Waals surface area contributed by atoms with Crippen molar-refractivity contribution >= 4 is 34.1 Å². The largest absolute Gasteiger partial charge is 0.394 e. The molecule has 0 spiro atoms. The summed E-state index contributed by atoms with van der Waals surface area (Å²) >= 11 is 4.65. The van der Waals surface area contributed by atoms with Crippen molar-refractivity contribution in [3.63, 3.8) is 0 Å². The number of aromatic nitrogens is 2. The number of nitrogen functional groups attached to an aromatic ring is 2. The zero-order valence-corrected chi connectivity index (χ0v) is 8.72. The van der Waals surface area contributed by atoms with Crippen LogP contribution in [0.5, 0.6) is 0 Å². The summed E-state index contributed by atoms with van der Waals surface area (Å²) in [7, 11) is -4.67. The highest BCUT2D eigenvalue weighted by Gasteiger charge is 1.95. The van der Waals surface area contributed by atoms with E-state index in [0.29, 0.717) is 0 Å². The monoisotopic (exact) mass is 256 g/mol. The van der Waals surface area contributed by atoms with Crippen molar-refractivity contribution in [3.8, 4) is 0 Å². The molecular formula is C4H8N4O5S2. The van der Waals surface area contributed by atoms with Crippen LogP contribution in [0.3, 0.4) is 0 Å². The van der Waals surface area contributed by atoms with Gasteiger partial charge in [0.1, 0.15) is 16.1 Å². The molecule has 1 heterocycles. The van der Waals surface area contributed by atoms with Gasteiger partial charge in [-0.15, -0.1) is 0 Å². The molecular weight excluding hydrogens is 248 g/mol. The topological polar surface area (TPSA) is 175 Å². The SMILES string of the molecule is Nc1[nH]c(=O)[nH]c(=S)c1N.O=S(=O)(O)O. The van der Waals surface area contributed by atoms with Crippen molar-refractivity contribution in [2.75, 3.05) is 11.5 Å². The maximum atomic E-state index is 10.6. The molecule has 0 unspecified atom stereocenters. The predicted octanol–water partition coefficient (Wildman–Crippen LogP) is -1.06. The van der Waals surface area contributed by atoms with Crippen LogP contribution in [0.25, 0.3) is 0 Å². The fourth-order valence-corrected chi connectivity index (χ4v) is 0.716. The molecule has 15 heavy (non-hydrogen) atoms. The summed E-state index contributed by atoms with van der Waals surface area (Å²) in [5, 5.41) is 0. The summed E-state index contributed by atoms with van der Waals surface area (Å²) < 4.78 is 31.8. The smallest absolute Gasteiger partial charge is 0.393 e. The van der Waals surface area contributed by atoms with Gasteiger partial charge in [0.25, 0.3) is 0 Å². The molecule has 1 aromatic heterocycles. The van der Waals surface area contributed by atoms with E-state index in [1.807, 2.05) is 0 Å². The Morgan fingerprint density at radius 1 is 1.20 bits per heavy atom. The average molecular weight is 256 g/mol. The van der Waals surface area contributed by atoms with Gasteiger partial charge >= 0.3 is 16.1 Å². The minimum atomic E-state index is -4.67. The Morgan fingerprint density at radius 2 is 1.60 bits per heavy atom. The van der Waals surface area contributed by atoms with E-state index in [9.17, 15) is 4.79 Å². The van der Waals surface area contributed by atoms with Crippen molar-refractivity contribution in [1.82, 2.24) is 9.97 Å². The lowest BCUT2D eigenvalue weighted by molar-refractivity contribution is 0.381. The van der Waals surface area contributed by atoms with Gasteiger partial charge in [0.15, 0.2) is 0 Å². The minimum absolute atomic E-state index is 0.105. The van der Waals surface area contributed by atoms with Crippen LogP contribution in [-0.2, 0) is 10.4 Å². The average Bonchev–Trinajstić information content (AvgIpc) is 1.96. The Morgan fingerprint density at radius 3 is 1.93 bits per heavy atom. The number of nitrogens with two attached hydrogens (primary N) is 2. The summed E-state index contributed by atoms with van der Waals surface area (Å²) in [5.41, 5.74) is 10.3. The third kappa shape index (κ3) is 6.62. The molecule has 0 aliphatic rings. The highest BCUT2D eigenvalue weighted by molar-refractivity contribution is 7.79. The van der Waals surface area contributed by atoms with Crippen LogP contribution in [0, 0.1) is 4.64 Å². The van der Waals surface area contributed by atoms with Crippen LogP contribution in [-0.4, -0.2) is 27.5 Å². The standard InChI is InChI=1S/C4H6N4OS.H2O4S/c5-1-2(6)7-4(9)8-3(1)10;1-5(2,3)4/h5H2,(H4,6,7,8,9,10);(H2,1,2,3,4). The molecule has 0 aliphatic heterocycles. The predicted molar refractivity (Wildman–Crippen MR) is 55.2 cm³/mol. The lowest BCUT2D eigenvalue weighted by Crippen LogP contribution is -2.14. The van der Waals surface area contributed by atoms with Crippen molar-refractivity contribution in [2.24, 2.45) is 0 Å². The number of aromatic amines is 2. The normalized spacial score (nSPS) is 10.3. The van der Waals surface area contributed by atoms with Crippen LogP contribution in [0.1, 0.15) is 0 Å². The number of hydrogen-bond donors (Lipinski definition) is 6. The number of anilines is 2. The molecule has 0 aromatic carbocycles. The summed E-state index contributed by atoms with van der Waals surface area (Å²) in [6, 6.07) is 0. The molecule has 0 saturated heterocycles. The molecule has 0 fully saturated rings. The molecule has 0 radical (unpaired) electrons. The third-order valence-corrected chi connectivity index (χ3v) is 1.33. The van der Waals surface area contributed by atoms with Gasteiger partial charge in [0, 0.05) is 0 Å². The molecule has 8 N–H and O–H groups in total. The van der Waals surface area contributed by atoms with E-state index in [4.69, 9.17) is 29.0 Å². The first-order chi connectivity index (χ1) is 6.61. The maximum Gasteiger partial charge on any atom is 0.394 e. The van der Waals surface area contributed by atoms with Gasteiger partial charge < -0.3 is 11.5 Å². The molecule has 1 aromatic rings. The first-order valence-corrected chi connectivity index (χ1v) is 4.99. The van der Waals surface area contributed by atoms with E-state index < -0.39 is 16.1 Å². The molecule has 0 bridgehead atoms. The third-order valence-electron chi connectivity index (χ3n) is 1.01. The molecule has 0 saturated carbocycles. The molecule has 1 rings (SSSR count). The molecule has 9 nitrogen and oxygen atoms in total. The molecule has 0 amide bonds. The lowest BCUT2D eigenvalue weighted by Gasteiger charge is -1.95. The van der Waals surface area contributed by atoms with Crippen molar-refractivity contribution in [2.45, 2.75) is 0 Å². The van der Waals surface area contributed by atoms with E-state index in [2.05, 4.69) is 22.2 Å². The molecule has 0 aliphatic carbocycles. The Hall–Kier alpha value is -1.43. The van der Waals surface area contributed by atoms with E-state index in [-0.39, 0.29) is 16.1 Å². The second-order valence-corrected chi connectivity index (χ2v) is 3.49. The zero-order chi connectivity index (χ0) is 12.2. The van der Waals surface area contributed by atoms with E-state index in [1.165, 1.54) is 0 Å². The summed E-state index contributed by atoms with van der Waals surface area (Å²) in [5.74, 6) is 0.105. The Kier molecular flexibility index (Phi) is 4.41. The lowest BCUT2D eigenvalue weighted by atomic mass is 10.5. The zero-order valence-electron chi connectivity index (χ0n) is 7.09. The van der Waals surface area contributed by atoms with Gasteiger partial charge in [0.05, 0.1) is 0 Å². The first kappa shape index (κ1) is 13.6. The van der Waals surface area contributed by atoms with Crippen molar-refractivity contribution < 1.29 is 17.5 Å². The van der Waals surface area contributed by atoms with Crippen molar-refractivity contribution in [1.29, 1.82) is 0 Å². The first-order valence-electron chi connectivity index (χ1n) is 3.18. The highest BCUT2D eigenvalue weighted by Crippen LogP contribution is 2.06. The minimum Gasteiger partial charge on any atom is -0.393 e. The molecule has 0 atom stereocenters. The summed E-state index contributed by atoms with van der Waals surface area (Å²) in [6.45, 7) is 0. The van der Waals surface area contributed by atoms with Crippen molar-refractivity contribution in [3.05, 3.63) is 15.1 Å². The summed E-state index contributed by atoms with van der Waals surface area (Å²) in [6.07, 6.45) is 0. The second kappa shape index (κ2) is 4.88. The van der Waals surface area contributed by atoms with Gasteiger partial charge in [-0.05, 0) is 0 Å². The number of hydrogen-bond acceptors (Lipinski definition) is 6. The van der Waals surface area contributed by atoms with E-state index >= 15 is 0 Å². The fraction of sp³-hybridized carbons (Fsp3) is 0. The van der Waals surface area contributed by atoms with Crippen LogP contribution >= 0.6 is 12.2 Å². The second-order valence-electron chi connectivity index (χ2n) is 2.18. The Bertz CT molecular complexity index is 535. The van der Waals surface area contributed by atoms with E-state index in [1.54, 1.807) is 0 Å². The van der Waals surface area contributed by atoms with Gasteiger partial charge in [-0.2, -0.15) is 8.42 Å². The highest BCUT2D eigenvalue weighted by atomic mass is 32.3. The Balaban J connectivity index is 0.000000336. The van der Waals surface area contributed by atoms with Crippen LogP contribution in [0.15, 0.2) is 4.79 Å². The summed E-state index contributed by atoms with van der Waals surface area (Å²) in [4.78, 5) is 15.1. The number of nitrogens with one attached hydrogen (secondary N) is 2. The van der Waals surface area contributed by atoms with Crippen LogP contribution < -0.4 is 17.2 Å². The van der Waals surface area contributed by atoms with Gasteiger partial charge in [0.2, 0.25) is 0 Å². The maximum absolute atomic E-state index is 10.6. The number of rotatable bonds is 0. The Labute approximate surface area is 88.7 Å². The van der Waals surface area contributed by atoms with Crippen LogP contribution in [0.2, 0.25) is 0 Å². The molecule has 11 heteroatoms. The van der Waals surface area contributed by atoms with Gasteiger partial charge in [-0.3, -0.25) is 19.1 Å². The quantitative estimate of drug-likeness (QED) is 0.251. The van der Waals surface area contributed by atoms with Gasteiger partial charge in [-0.1, -0.05) is 12.2 Å². The fourth-order valence-electron chi connectivity index (χ4n) is 0.514. The van der Waals surface area contributed by atoms with Gasteiger partial charge in [-0.25, -0.2) is 4.79 Å². The van der Waals surface area contributed by atoms with E-state index in [0.717, 1.165) is 0 Å². The number of H-pyrrole nitrogens is 2. The van der Waals surface area contributed by atoms with Crippen LogP contribution in [0.4, 0.5) is 11.5 Å². The molecule has 86 valence electrons.